The Hall–Kier alpha value is -2.73. The number of aryl methyl sites for hydroxylation is 1. The van der Waals surface area contributed by atoms with E-state index in [-0.39, 0.29) is 18.3 Å². The Kier molecular flexibility index (Phi) is 4.57. The van der Waals surface area contributed by atoms with Gasteiger partial charge in [-0.2, -0.15) is 4.98 Å². The van der Waals surface area contributed by atoms with E-state index in [2.05, 4.69) is 10.1 Å². The minimum atomic E-state index is -0.569. The molecule has 0 amide bonds. The highest BCUT2D eigenvalue weighted by atomic mass is 19.1. The summed E-state index contributed by atoms with van der Waals surface area (Å²) in [5, 5.41) is 13.4. The van der Waals surface area contributed by atoms with Crippen molar-refractivity contribution in [1.29, 1.82) is 0 Å². The van der Waals surface area contributed by atoms with Crippen molar-refractivity contribution in [3.05, 3.63) is 65.3 Å². The Balaban J connectivity index is 1.70. The lowest BCUT2D eigenvalue weighted by Crippen LogP contribution is -1.97. The molecule has 2 aromatic carbocycles. The van der Waals surface area contributed by atoms with Gasteiger partial charge >= 0.3 is 0 Å². The smallest absolute Gasteiger partial charge is 0.264 e. The van der Waals surface area contributed by atoms with E-state index in [9.17, 15) is 9.50 Å². The Morgan fingerprint density at radius 3 is 2.83 bits per heavy atom. The minimum Gasteiger partial charge on any atom is -0.484 e. The van der Waals surface area contributed by atoms with Gasteiger partial charge in [0.05, 0.1) is 6.10 Å². The first-order valence-electron chi connectivity index (χ1n) is 7.53. The molecule has 0 spiro atoms. The Bertz CT molecular complexity index is 846. The third-order valence-electron chi connectivity index (χ3n) is 3.60. The number of aromatic nitrogens is 2. The van der Waals surface area contributed by atoms with Gasteiger partial charge in [0.2, 0.25) is 5.82 Å². The van der Waals surface area contributed by atoms with E-state index < -0.39 is 6.10 Å². The highest BCUT2D eigenvalue weighted by Gasteiger charge is 2.11. The molecule has 0 saturated carbocycles. The van der Waals surface area contributed by atoms with E-state index in [0.29, 0.717) is 22.7 Å². The molecule has 3 rings (SSSR count). The molecule has 124 valence electrons. The van der Waals surface area contributed by atoms with Crippen LogP contribution in [0.1, 0.15) is 30.0 Å². The molecule has 0 aliphatic heterocycles. The van der Waals surface area contributed by atoms with Crippen molar-refractivity contribution >= 4 is 0 Å². The summed E-state index contributed by atoms with van der Waals surface area (Å²) in [7, 11) is 0. The molecule has 5 nitrogen and oxygen atoms in total. The molecular formula is C18H17FN2O3. The molecule has 0 aliphatic rings. The average Bonchev–Trinajstić information content (AvgIpc) is 3.05. The normalized spacial score (nSPS) is 12.2. The van der Waals surface area contributed by atoms with Gasteiger partial charge in [-0.1, -0.05) is 29.4 Å². The van der Waals surface area contributed by atoms with Crippen LogP contribution in [-0.4, -0.2) is 15.2 Å². The number of hydrogen-bond donors (Lipinski definition) is 1. The van der Waals surface area contributed by atoms with Crippen molar-refractivity contribution in [2.75, 3.05) is 0 Å². The second-order valence-corrected chi connectivity index (χ2v) is 5.51. The summed E-state index contributed by atoms with van der Waals surface area (Å²) in [4.78, 5) is 4.21. The highest BCUT2D eigenvalue weighted by molar-refractivity contribution is 5.54. The summed E-state index contributed by atoms with van der Waals surface area (Å²) in [6.07, 6.45) is -0.569. The maximum Gasteiger partial charge on any atom is 0.264 e. The summed E-state index contributed by atoms with van der Waals surface area (Å²) in [5.74, 6) is 0.873. The molecule has 0 fully saturated rings. The number of benzene rings is 2. The first-order chi connectivity index (χ1) is 11.5. The molecule has 0 bridgehead atoms. The van der Waals surface area contributed by atoms with E-state index >= 15 is 0 Å². The van der Waals surface area contributed by atoms with Crippen LogP contribution in [0.4, 0.5) is 4.39 Å². The summed E-state index contributed by atoms with van der Waals surface area (Å²) in [5.41, 5.74) is 1.86. The van der Waals surface area contributed by atoms with Gasteiger partial charge in [-0.25, -0.2) is 4.39 Å². The van der Waals surface area contributed by atoms with E-state index in [4.69, 9.17) is 9.26 Å². The highest BCUT2D eigenvalue weighted by Crippen LogP contribution is 2.21. The first-order valence-corrected chi connectivity index (χ1v) is 7.53. The topological polar surface area (TPSA) is 68.4 Å². The fourth-order valence-electron chi connectivity index (χ4n) is 2.17. The van der Waals surface area contributed by atoms with Gasteiger partial charge < -0.3 is 14.4 Å². The van der Waals surface area contributed by atoms with Crippen LogP contribution >= 0.6 is 0 Å². The van der Waals surface area contributed by atoms with Crippen molar-refractivity contribution in [1.82, 2.24) is 10.1 Å². The molecule has 1 unspecified atom stereocenters. The first kappa shape index (κ1) is 16.1. The quantitative estimate of drug-likeness (QED) is 0.771. The van der Waals surface area contributed by atoms with Crippen molar-refractivity contribution < 1.29 is 18.8 Å². The van der Waals surface area contributed by atoms with Crippen LogP contribution in [0.5, 0.6) is 5.75 Å². The van der Waals surface area contributed by atoms with E-state index in [1.807, 2.05) is 6.07 Å². The van der Waals surface area contributed by atoms with Gasteiger partial charge in [-0.15, -0.1) is 0 Å². The van der Waals surface area contributed by atoms with Crippen LogP contribution in [0.15, 0.2) is 47.0 Å². The summed E-state index contributed by atoms with van der Waals surface area (Å²) in [6.45, 7) is 3.46. The standard InChI is InChI=1S/C18H17FN2O3/c1-11-6-7-14(9-16(11)19)18-20-17(24-21-18)10-23-15-5-3-4-13(8-15)12(2)22/h3-9,12,22H,10H2,1-2H3. The zero-order chi connectivity index (χ0) is 17.1. The fraction of sp³-hybridized carbons (Fsp3) is 0.222. The molecule has 1 N–H and O–H groups in total. The predicted molar refractivity (Wildman–Crippen MR) is 85.8 cm³/mol. The van der Waals surface area contributed by atoms with E-state index in [1.54, 1.807) is 44.2 Å². The van der Waals surface area contributed by atoms with Crippen LogP contribution < -0.4 is 4.74 Å². The second-order valence-electron chi connectivity index (χ2n) is 5.51. The molecule has 0 aliphatic carbocycles. The molecule has 0 radical (unpaired) electrons. The Morgan fingerprint density at radius 1 is 1.25 bits per heavy atom. The van der Waals surface area contributed by atoms with Gasteiger partial charge in [0.1, 0.15) is 11.6 Å². The van der Waals surface area contributed by atoms with Gasteiger partial charge in [0, 0.05) is 5.56 Å². The largest absolute Gasteiger partial charge is 0.484 e. The van der Waals surface area contributed by atoms with Crippen LogP contribution in [-0.2, 0) is 6.61 Å². The van der Waals surface area contributed by atoms with Crippen molar-refractivity contribution in [2.24, 2.45) is 0 Å². The monoisotopic (exact) mass is 328 g/mol. The molecule has 0 saturated heterocycles. The number of aliphatic hydroxyl groups excluding tert-OH is 1. The Labute approximate surface area is 138 Å². The number of halogens is 1. The zero-order valence-electron chi connectivity index (χ0n) is 13.4. The van der Waals surface area contributed by atoms with Crippen molar-refractivity contribution in [3.8, 4) is 17.1 Å². The summed E-state index contributed by atoms with van der Waals surface area (Å²) >= 11 is 0. The number of hydrogen-bond acceptors (Lipinski definition) is 5. The molecule has 3 aromatic rings. The molecule has 1 heterocycles. The minimum absolute atomic E-state index is 0.0879. The lowest BCUT2D eigenvalue weighted by Gasteiger charge is -2.07. The van der Waals surface area contributed by atoms with E-state index in [1.165, 1.54) is 6.07 Å². The number of ether oxygens (including phenoxy) is 1. The maximum absolute atomic E-state index is 13.6. The third kappa shape index (κ3) is 3.60. The average molecular weight is 328 g/mol. The molecule has 1 atom stereocenters. The van der Waals surface area contributed by atoms with Crippen LogP contribution in [0.3, 0.4) is 0 Å². The SMILES string of the molecule is Cc1ccc(-c2noc(COc3cccc(C(C)O)c3)n2)cc1F. The van der Waals surface area contributed by atoms with Crippen molar-refractivity contribution in [3.63, 3.8) is 0 Å². The van der Waals surface area contributed by atoms with Gasteiger partial charge in [0.15, 0.2) is 6.61 Å². The zero-order valence-corrected chi connectivity index (χ0v) is 13.4. The van der Waals surface area contributed by atoms with Gasteiger partial charge in [-0.05, 0) is 43.2 Å². The third-order valence-corrected chi connectivity index (χ3v) is 3.60. The summed E-state index contributed by atoms with van der Waals surface area (Å²) in [6, 6.07) is 11.9. The van der Waals surface area contributed by atoms with Gasteiger partial charge in [0.25, 0.3) is 5.89 Å². The predicted octanol–water partition coefficient (Wildman–Crippen LogP) is 3.82. The molecule has 6 heteroatoms. The van der Waals surface area contributed by atoms with Gasteiger partial charge in [-0.3, -0.25) is 0 Å². The maximum atomic E-state index is 13.6. The fourth-order valence-corrected chi connectivity index (χ4v) is 2.17. The lowest BCUT2D eigenvalue weighted by atomic mass is 10.1. The molecule has 1 aromatic heterocycles. The van der Waals surface area contributed by atoms with Crippen LogP contribution in [0, 0.1) is 12.7 Å². The van der Waals surface area contributed by atoms with E-state index in [0.717, 1.165) is 5.56 Å². The van der Waals surface area contributed by atoms with Crippen LogP contribution in [0.2, 0.25) is 0 Å². The second kappa shape index (κ2) is 6.80. The number of nitrogens with zero attached hydrogens (tertiary/aromatic N) is 2. The molecular weight excluding hydrogens is 311 g/mol. The summed E-state index contributed by atoms with van der Waals surface area (Å²) < 4.78 is 24.3. The molecule has 24 heavy (non-hydrogen) atoms. The van der Waals surface area contributed by atoms with Crippen molar-refractivity contribution in [2.45, 2.75) is 26.6 Å². The number of rotatable bonds is 5. The number of aliphatic hydroxyl groups is 1. The Morgan fingerprint density at radius 2 is 2.08 bits per heavy atom. The lowest BCUT2D eigenvalue weighted by molar-refractivity contribution is 0.197. The van der Waals surface area contributed by atoms with Crippen LogP contribution in [0.25, 0.3) is 11.4 Å².